The zero-order valence-corrected chi connectivity index (χ0v) is 9.07. The molecule has 4 aliphatic rings. The molecule has 2 aromatic rings. The van der Waals surface area contributed by atoms with E-state index in [1.54, 1.807) is 48.5 Å². The zero-order valence-electron chi connectivity index (χ0n) is 8.25. The molecule has 0 N–H and O–H groups in total. The van der Waals surface area contributed by atoms with Crippen LogP contribution in [0.3, 0.4) is 0 Å². The number of hydrogen-bond acceptors (Lipinski definition) is 3. The Balaban J connectivity index is 2.38. The second-order valence-corrected chi connectivity index (χ2v) is 5.50. The normalized spacial score (nSPS) is 15.8. The van der Waals surface area contributed by atoms with Gasteiger partial charge in [0.15, 0.2) is 0 Å². The van der Waals surface area contributed by atoms with Gasteiger partial charge >= 0.3 is 0 Å². The summed E-state index contributed by atoms with van der Waals surface area (Å²) in [6.07, 6.45) is 0. The van der Waals surface area contributed by atoms with Crippen molar-refractivity contribution in [2.24, 2.45) is 0 Å². The Morgan fingerprint density at radius 2 is 1.06 bits per heavy atom. The van der Waals surface area contributed by atoms with E-state index >= 15 is 0 Å². The van der Waals surface area contributed by atoms with E-state index in [2.05, 4.69) is 0 Å². The monoisotopic (exact) mass is 232 g/mol. The minimum Gasteiger partial charge on any atom is -0.457 e. The lowest BCUT2D eigenvalue weighted by atomic mass is 10.3. The van der Waals surface area contributed by atoms with Gasteiger partial charge in [0, 0.05) is 0 Å². The van der Waals surface area contributed by atoms with Crippen molar-refractivity contribution in [1.82, 2.24) is 0 Å². The van der Waals surface area contributed by atoms with Crippen LogP contribution < -0.4 is 4.74 Å². The van der Waals surface area contributed by atoms with Crippen molar-refractivity contribution < 1.29 is 13.2 Å². The average molecular weight is 232 g/mol. The number of hydrogen-bond donors (Lipinski definition) is 0. The molecule has 0 atom stereocenters. The van der Waals surface area contributed by atoms with Crippen molar-refractivity contribution in [2.45, 2.75) is 9.79 Å². The maximum atomic E-state index is 12.1. The lowest BCUT2D eigenvalue weighted by Gasteiger charge is -2.11. The molecule has 16 heavy (non-hydrogen) atoms. The van der Waals surface area contributed by atoms with E-state index in [0.717, 1.165) is 0 Å². The zero-order chi connectivity index (χ0) is 11.2. The van der Waals surface area contributed by atoms with Crippen molar-refractivity contribution in [3.8, 4) is 11.5 Å². The fourth-order valence-corrected chi connectivity index (χ4v) is 2.91. The molecule has 0 aromatic heterocycles. The molecule has 6 rings (SSSR count). The van der Waals surface area contributed by atoms with Crippen molar-refractivity contribution in [3.05, 3.63) is 48.5 Å². The molecular weight excluding hydrogens is 224 g/mol. The van der Waals surface area contributed by atoms with Crippen LogP contribution in [0.1, 0.15) is 0 Å². The first-order valence-electron chi connectivity index (χ1n) is 4.79. The first-order valence-corrected chi connectivity index (χ1v) is 6.28. The molecule has 0 fully saturated rings. The van der Waals surface area contributed by atoms with Gasteiger partial charge < -0.3 is 4.74 Å². The third kappa shape index (κ3) is 1.31. The molecule has 80 valence electrons. The quantitative estimate of drug-likeness (QED) is 0.598. The summed E-state index contributed by atoms with van der Waals surface area (Å²) in [5.74, 6) is 1.27. The summed E-state index contributed by atoms with van der Waals surface area (Å²) < 4.78 is 29.8. The van der Waals surface area contributed by atoms with Gasteiger partial charge in [-0.15, -0.1) is 0 Å². The fraction of sp³-hybridized carbons (Fsp3) is 0. The standard InChI is InChI=1S/C12H8O3S/c13-16(14)11-5-1-9(2-6-11)15-10-3-7-12(16)8-4-10/h1-8H. The van der Waals surface area contributed by atoms with Crippen LogP contribution in [0.25, 0.3) is 0 Å². The van der Waals surface area contributed by atoms with Crippen molar-refractivity contribution in [3.63, 3.8) is 0 Å². The summed E-state index contributed by atoms with van der Waals surface area (Å²) in [7, 11) is -3.38. The number of rotatable bonds is 0. The van der Waals surface area contributed by atoms with E-state index in [1.165, 1.54) is 0 Å². The van der Waals surface area contributed by atoms with Gasteiger partial charge in [0.2, 0.25) is 9.84 Å². The molecule has 3 nitrogen and oxygen atoms in total. The Kier molecular flexibility index (Phi) is 1.82. The van der Waals surface area contributed by atoms with Crippen molar-refractivity contribution in [2.75, 3.05) is 0 Å². The summed E-state index contributed by atoms with van der Waals surface area (Å²) in [4.78, 5) is 0.573. The second-order valence-electron chi connectivity index (χ2n) is 3.55. The van der Waals surface area contributed by atoms with Crippen LogP contribution in [0, 0.1) is 0 Å². The van der Waals surface area contributed by atoms with Crippen LogP contribution in [0.2, 0.25) is 0 Å². The van der Waals surface area contributed by atoms with Gasteiger partial charge in [-0.25, -0.2) is 8.42 Å². The Hall–Kier alpha value is -1.81. The van der Waals surface area contributed by atoms with Gasteiger partial charge in [-0.3, -0.25) is 0 Å². The van der Waals surface area contributed by atoms with Crippen LogP contribution in [-0.4, -0.2) is 8.42 Å². The van der Waals surface area contributed by atoms with Gasteiger partial charge in [0.25, 0.3) is 0 Å². The third-order valence-corrected chi connectivity index (χ3v) is 4.29. The predicted octanol–water partition coefficient (Wildman–Crippen LogP) is 2.63. The topological polar surface area (TPSA) is 43.4 Å². The lowest BCUT2D eigenvalue weighted by molar-refractivity contribution is 0.481. The molecule has 0 spiro atoms. The highest BCUT2D eigenvalue weighted by Crippen LogP contribution is 2.29. The maximum Gasteiger partial charge on any atom is 0.206 e. The predicted molar refractivity (Wildman–Crippen MR) is 58.4 cm³/mol. The first kappa shape index (κ1) is 9.42. The summed E-state index contributed by atoms with van der Waals surface area (Å²) in [6.45, 7) is 0. The van der Waals surface area contributed by atoms with Crippen LogP contribution in [0.15, 0.2) is 58.3 Å². The van der Waals surface area contributed by atoms with E-state index in [0.29, 0.717) is 11.5 Å². The molecule has 0 unspecified atom stereocenters. The molecular formula is C12H8O3S. The molecule has 4 heteroatoms. The van der Waals surface area contributed by atoms with Gasteiger partial charge in [-0.05, 0) is 48.5 Å². The molecule has 4 bridgehead atoms. The summed E-state index contributed by atoms with van der Waals surface area (Å²) in [6, 6.07) is 12.8. The molecule has 2 aromatic carbocycles. The average Bonchev–Trinajstić information content (AvgIpc) is 2.30. The third-order valence-electron chi connectivity index (χ3n) is 2.50. The van der Waals surface area contributed by atoms with Crippen LogP contribution in [0.4, 0.5) is 0 Å². The Bertz CT molecular complexity index is 573. The Labute approximate surface area is 93.2 Å². The number of ether oxygens (including phenoxy) is 1. The minimum atomic E-state index is -3.38. The van der Waals surface area contributed by atoms with Gasteiger partial charge in [-0.2, -0.15) is 0 Å². The number of sulfone groups is 1. The van der Waals surface area contributed by atoms with Crippen molar-refractivity contribution >= 4 is 9.84 Å². The highest BCUT2D eigenvalue weighted by atomic mass is 32.2. The smallest absolute Gasteiger partial charge is 0.206 e. The SMILES string of the molecule is O=S1(=O)c2ccc(cc2)Oc2ccc1cc2. The lowest BCUT2D eigenvalue weighted by Crippen LogP contribution is -2.03. The van der Waals surface area contributed by atoms with E-state index < -0.39 is 9.84 Å². The molecule has 0 radical (unpaired) electrons. The largest absolute Gasteiger partial charge is 0.457 e. The Morgan fingerprint density at radius 1 is 0.688 bits per heavy atom. The van der Waals surface area contributed by atoms with E-state index in [9.17, 15) is 8.42 Å². The van der Waals surface area contributed by atoms with Crippen LogP contribution >= 0.6 is 0 Å². The van der Waals surface area contributed by atoms with Gasteiger partial charge in [0.05, 0.1) is 9.79 Å². The van der Waals surface area contributed by atoms with Crippen LogP contribution in [-0.2, 0) is 9.84 Å². The molecule has 0 amide bonds. The minimum absolute atomic E-state index is 0.287. The van der Waals surface area contributed by atoms with E-state index in [4.69, 9.17) is 4.74 Å². The summed E-state index contributed by atoms with van der Waals surface area (Å²) in [5.41, 5.74) is 0. The Morgan fingerprint density at radius 3 is 1.44 bits per heavy atom. The number of benzene rings is 2. The van der Waals surface area contributed by atoms with Crippen LogP contribution in [0.5, 0.6) is 11.5 Å². The molecule has 0 aliphatic carbocycles. The molecule has 0 saturated heterocycles. The van der Waals surface area contributed by atoms with Crippen molar-refractivity contribution in [1.29, 1.82) is 0 Å². The maximum absolute atomic E-state index is 12.1. The fourth-order valence-electron chi connectivity index (χ4n) is 1.65. The van der Waals surface area contributed by atoms with Gasteiger partial charge in [0.1, 0.15) is 11.5 Å². The highest BCUT2D eigenvalue weighted by Gasteiger charge is 2.18. The first-order chi connectivity index (χ1) is 7.66. The summed E-state index contributed by atoms with van der Waals surface area (Å²) in [5, 5.41) is 0. The molecule has 0 saturated carbocycles. The van der Waals surface area contributed by atoms with E-state index in [-0.39, 0.29) is 9.79 Å². The molecule has 4 aliphatic heterocycles. The second kappa shape index (κ2) is 3.09. The van der Waals surface area contributed by atoms with E-state index in [1.807, 2.05) is 0 Å². The van der Waals surface area contributed by atoms with Gasteiger partial charge in [-0.1, -0.05) is 0 Å². The highest BCUT2D eigenvalue weighted by molar-refractivity contribution is 7.91. The summed E-state index contributed by atoms with van der Waals surface area (Å²) >= 11 is 0. The molecule has 4 heterocycles.